The summed E-state index contributed by atoms with van der Waals surface area (Å²) in [5, 5.41) is 0. The van der Waals surface area contributed by atoms with Crippen molar-refractivity contribution in [2.75, 3.05) is 0 Å². The van der Waals surface area contributed by atoms with Crippen LogP contribution in [0.3, 0.4) is 0 Å². The molecule has 0 bridgehead atoms. The number of aromatic nitrogens is 3. The van der Waals surface area contributed by atoms with E-state index in [4.69, 9.17) is 0 Å². The highest BCUT2D eigenvalue weighted by Gasteiger charge is 2.02. The summed E-state index contributed by atoms with van der Waals surface area (Å²) in [6.07, 6.45) is 3.47. The van der Waals surface area contributed by atoms with Crippen LogP contribution in [0.5, 0.6) is 0 Å². The van der Waals surface area contributed by atoms with Crippen molar-refractivity contribution in [1.29, 1.82) is 0 Å². The van der Waals surface area contributed by atoms with Gasteiger partial charge < -0.3 is 0 Å². The van der Waals surface area contributed by atoms with Gasteiger partial charge in [-0.15, -0.1) is 0 Å². The van der Waals surface area contributed by atoms with Crippen LogP contribution in [0.1, 0.15) is 0 Å². The van der Waals surface area contributed by atoms with Gasteiger partial charge in [0, 0.05) is 16.2 Å². The Bertz CT molecular complexity index is 665. The summed E-state index contributed by atoms with van der Waals surface area (Å²) < 4.78 is 1.05. The van der Waals surface area contributed by atoms with E-state index in [1.807, 2.05) is 36.4 Å². The fourth-order valence-corrected chi connectivity index (χ4v) is 1.88. The summed E-state index contributed by atoms with van der Waals surface area (Å²) >= 11 is 3.41. The van der Waals surface area contributed by atoms with E-state index in [1.54, 1.807) is 12.4 Å². The Morgan fingerprint density at radius 2 is 1.76 bits per heavy atom. The lowest BCUT2D eigenvalue weighted by Gasteiger charge is -2.02. The molecule has 2 aromatic heterocycles. The summed E-state index contributed by atoms with van der Waals surface area (Å²) in [5.41, 5.74) is 3.39. The molecule has 0 aliphatic carbocycles. The molecule has 3 nitrogen and oxygen atoms in total. The first-order valence-electron chi connectivity index (χ1n) is 5.17. The third-order valence-electron chi connectivity index (χ3n) is 2.46. The second kappa shape index (κ2) is 4.22. The molecule has 0 fully saturated rings. The average Bonchev–Trinajstić information content (AvgIpc) is 2.39. The zero-order valence-electron chi connectivity index (χ0n) is 8.84. The summed E-state index contributed by atoms with van der Waals surface area (Å²) in [6, 6.07) is 11.8. The largest absolute Gasteiger partial charge is 0.243 e. The van der Waals surface area contributed by atoms with Crippen molar-refractivity contribution in [2.45, 2.75) is 0 Å². The van der Waals surface area contributed by atoms with E-state index >= 15 is 0 Å². The molecule has 0 aliphatic rings. The zero-order valence-corrected chi connectivity index (χ0v) is 10.4. The topological polar surface area (TPSA) is 38.7 Å². The van der Waals surface area contributed by atoms with E-state index in [-0.39, 0.29) is 0 Å². The van der Waals surface area contributed by atoms with Crippen molar-refractivity contribution in [2.24, 2.45) is 0 Å². The Hall–Kier alpha value is -1.81. The maximum absolute atomic E-state index is 4.53. The highest BCUT2D eigenvalue weighted by Crippen LogP contribution is 2.20. The molecule has 4 heteroatoms. The minimum atomic E-state index is 0.674. The van der Waals surface area contributed by atoms with Gasteiger partial charge in [-0.3, -0.25) is 0 Å². The normalized spacial score (nSPS) is 10.6. The van der Waals surface area contributed by atoms with E-state index in [2.05, 4.69) is 30.9 Å². The molecule has 0 spiro atoms. The molecule has 0 saturated heterocycles. The molecule has 0 atom stereocenters. The molecule has 2 heterocycles. The van der Waals surface area contributed by atoms with E-state index in [1.165, 1.54) is 0 Å². The van der Waals surface area contributed by atoms with Crippen LogP contribution in [-0.2, 0) is 0 Å². The van der Waals surface area contributed by atoms with Gasteiger partial charge in [-0.25, -0.2) is 15.0 Å². The van der Waals surface area contributed by atoms with E-state index in [0.717, 1.165) is 21.2 Å². The van der Waals surface area contributed by atoms with Crippen LogP contribution < -0.4 is 0 Å². The molecule has 3 aromatic rings. The molecule has 0 unspecified atom stereocenters. The predicted molar refractivity (Wildman–Crippen MR) is 70.5 cm³/mol. The zero-order chi connectivity index (χ0) is 11.7. The lowest BCUT2D eigenvalue weighted by atomic mass is 10.2. The van der Waals surface area contributed by atoms with Gasteiger partial charge >= 0.3 is 0 Å². The first-order valence-corrected chi connectivity index (χ1v) is 5.96. The van der Waals surface area contributed by atoms with Gasteiger partial charge in [0.2, 0.25) is 0 Å². The van der Waals surface area contributed by atoms with Gasteiger partial charge in [0.05, 0.1) is 11.9 Å². The van der Waals surface area contributed by atoms with Crippen molar-refractivity contribution in [3.8, 4) is 11.3 Å². The summed E-state index contributed by atoms with van der Waals surface area (Å²) in [4.78, 5) is 13.0. The van der Waals surface area contributed by atoms with E-state index in [9.17, 15) is 0 Å². The molecule has 0 amide bonds. The van der Waals surface area contributed by atoms with Crippen LogP contribution in [0, 0.1) is 0 Å². The second-order valence-corrected chi connectivity index (χ2v) is 4.52. The standard InChI is InChI=1S/C13H8BrN3/c14-10-5-3-9(4-6-10)12-8-16-13-11(17-12)2-1-7-15-13/h1-8H. The highest BCUT2D eigenvalue weighted by molar-refractivity contribution is 9.10. The molecule has 0 aliphatic heterocycles. The van der Waals surface area contributed by atoms with Crippen LogP contribution in [-0.4, -0.2) is 15.0 Å². The number of hydrogen-bond donors (Lipinski definition) is 0. The van der Waals surface area contributed by atoms with Crippen molar-refractivity contribution in [1.82, 2.24) is 15.0 Å². The second-order valence-electron chi connectivity index (χ2n) is 3.61. The minimum absolute atomic E-state index is 0.674. The molecule has 0 N–H and O–H groups in total. The molecule has 17 heavy (non-hydrogen) atoms. The minimum Gasteiger partial charge on any atom is -0.243 e. The van der Waals surface area contributed by atoms with Crippen LogP contribution in [0.4, 0.5) is 0 Å². The van der Waals surface area contributed by atoms with E-state index in [0.29, 0.717) is 5.65 Å². The number of pyridine rings is 1. The Balaban J connectivity index is 2.14. The van der Waals surface area contributed by atoms with Crippen LogP contribution in [0.15, 0.2) is 53.3 Å². The SMILES string of the molecule is Brc1ccc(-c2cnc3ncccc3n2)cc1. The fraction of sp³-hybridized carbons (Fsp3) is 0. The monoisotopic (exact) mass is 285 g/mol. The number of rotatable bonds is 1. The lowest BCUT2D eigenvalue weighted by molar-refractivity contribution is 1.22. The maximum atomic E-state index is 4.53. The first-order chi connectivity index (χ1) is 8.33. The molecular formula is C13H8BrN3. The van der Waals surface area contributed by atoms with Gasteiger partial charge in [-0.2, -0.15) is 0 Å². The summed E-state index contributed by atoms with van der Waals surface area (Å²) in [5.74, 6) is 0. The molecular weight excluding hydrogens is 278 g/mol. The number of halogens is 1. The number of hydrogen-bond acceptors (Lipinski definition) is 3. The van der Waals surface area contributed by atoms with Crippen molar-refractivity contribution in [3.63, 3.8) is 0 Å². The van der Waals surface area contributed by atoms with Crippen LogP contribution in [0.2, 0.25) is 0 Å². The Morgan fingerprint density at radius 3 is 2.59 bits per heavy atom. The molecule has 0 saturated carbocycles. The number of benzene rings is 1. The fourth-order valence-electron chi connectivity index (χ4n) is 1.62. The van der Waals surface area contributed by atoms with Gasteiger partial charge in [0.1, 0.15) is 5.52 Å². The smallest absolute Gasteiger partial charge is 0.178 e. The molecule has 0 radical (unpaired) electrons. The van der Waals surface area contributed by atoms with Crippen molar-refractivity contribution >= 4 is 27.1 Å². The molecule has 1 aromatic carbocycles. The average molecular weight is 286 g/mol. The lowest BCUT2D eigenvalue weighted by Crippen LogP contribution is -1.90. The third kappa shape index (κ3) is 2.03. The van der Waals surface area contributed by atoms with Gasteiger partial charge in [-0.1, -0.05) is 28.1 Å². The van der Waals surface area contributed by atoms with Crippen LogP contribution in [0.25, 0.3) is 22.4 Å². The van der Waals surface area contributed by atoms with Crippen molar-refractivity contribution in [3.05, 3.63) is 53.3 Å². The Kier molecular flexibility index (Phi) is 2.57. The van der Waals surface area contributed by atoms with Gasteiger partial charge in [-0.05, 0) is 24.3 Å². The number of nitrogens with zero attached hydrogens (tertiary/aromatic N) is 3. The van der Waals surface area contributed by atoms with Crippen molar-refractivity contribution < 1.29 is 0 Å². The van der Waals surface area contributed by atoms with Gasteiger partial charge in [0.25, 0.3) is 0 Å². The van der Waals surface area contributed by atoms with E-state index < -0.39 is 0 Å². The maximum Gasteiger partial charge on any atom is 0.178 e. The highest BCUT2D eigenvalue weighted by atomic mass is 79.9. The van der Waals surface area contributed by atoms with Gasteiger partial charge in [0.15, 0.2) is 5.65 Å². The Labute approximate surface area is 107 Å². The Morgan fingerprint density at radius 1 is 0.941 bits per heavy atom. The third-order valence-corrected chi connectivity index (χ3v) is 2.98. The number of fused-ring (bicyclic) bond motifs is 1. The molecule has 82 valence electrons. The summed E-state index contributed by atoms with van der Waals surface area (Å²) in [6.45, 7) is 0. The van der Waals surface area contributed by atoms with Crippen LogP contribution >= 0.6 is 15.9 Å². The quantitative estimate of drug-likeness (QED) is 0.687. The first kappa shape index (κ1) is 10.4. The molecule has 3 rings (SSSR count). The predicted octanol–water partition coefficient (Wildman–Crippen LogP) is 3.45. The summed E-state index contributed by atoms with van der Waals surface area (Å²) in [7, 11) is 0.